The van der Waals surface area contributed by atoms with Crippen molar-refractivity contribution >= 4 is 22.6 Å². The predicted molar refractivity (Wildman–Crippen MR) is 120 cm³/mol. The van der Waals surface area contributed by atoms with Crippen LogP contribution in [0.3, 0.4) is 0 Å². The van der Waals surface area contributed by atoms with E-state index in [0.29, 0.717) is 42.4 Å². The molecule has 0 aliphatic carbocycles. The molecule has 1 aliphatic rings. The summed E-state index contributed by atoms with van der Waals surface area (Å²) in [6.45, 7) is 0.786. The Morgan fingerprint density at radius 2 is 1.72 bits per heavy atom. The summed E-state index contributed by atoms with van der Waals surface area (Å²) in [5.41, 5.74) is 1.12. The smallest absolute Gasteiger partial charge is 0.272 e. The Morgan fingerprint density at radius 3 is 2.41 bits per heavy atom. The molecule has 2 heterocycles. The first-order valence-corrected chi connectivity index (χ1v) is 10.8. The van der Waals surface area contributed by atoms with Crippen molar-refractivity contribution in [3.8, 4) is 0 Å². The summed E-state index contributed by atoms with van der Waals surface area (Å²) >= 11 is 0. The molecular formula is C24H26N4O4. The lowest BCUT2D eigenvalue weighted by atomic mass is 9.94. The molecule has 166 valence electrons. The second-order valence-electron chi connectivity index (χ2n) is 8.03. The van der Waals surface area contributed by atoms with Crippen molar-refractivity contribution in [2.24, 2.45) is 5.92 Å². The first-order chi connectivity index (χ1) is 15.6. The Labute approximate surface area is 185 Å². The summed E-state index contributed by atoms with van der Waals surface area (Å²) in [7, 11) is 0. The van der Waals surface area contributed by atoms with Gasteiger partial charge in [0.1, 0.15) is 0 Å². The quantitative estimate of drug-likeness (QED) is 0.545. The number of benzene rings is 2. The van der Waals surface area contributed by atoms with Gasteiger partial charge in [0, 0.05) is 24.4 Å². The van der Waals surface area contributed by atoms with E-state index in [9.17, 15) is 19.5 Å². The van der Waals surface area contributed by atoms with Gasteiger partial charge in [0.2, 0.25) is 11.8 Å². The Hall–Kier alpha value is -3.52. The number of aromatic nitrogens is 2. The fourth-order valence-electron chi connectivity index (χ4n) is 4.16. The van der Waals surface area contributed by atoms with Gasteiger partial charge in [-0.05, 0) is 24.5 Å². The van der Waals surface area contributed by atoms with E-state index in [1.807, 2.05) is 36.4 Å². The molecule has 32 heavy (non-hydrogen) atoms. The molecule has 3 N–H and O–H groups in total. The van der Waals surface area contributed by atoms with Gasteiger partial charge in [-0.3, -0.25) is 14.4 Å². The SMILES string of the molecule is O=C(NC(CO)c1ccccc1)C1CCN(C(=O)Cc2n[nH]c(=O)c3ccccc23)CC1. The highest BCUT2D eigenvalue weighted by molar-refractivity contribution is 5.88. The molecule has 0 spiro atoms. The fourth-order valence-corrected chi connectivity index (χ4v) is 4.16. The van der Waals surface area contributed by atoms with Crippen LogP contribution < -0.4 is 10.9 Å². The van der Waals surface area contributed by atoms with Crippen LogP contribution in [-0.4, -0.2) is 51.7 Å². The molecule has 1 aliphatic heterocycles. The summed E-state index contributed by atoms with van der Waals surface area (Å²) in [6.07, 6.45) is 1.21. The third-order valence-electron chi connectivity index (χ3n) is 6.01. The van der Waals surface area contributed by atoms with E-state index >= 15 is 0 Å². The Kier molecular flexibility index (Phi) is 6.61. The number of carbonyl (C=O) groups excluding carboxylic acids is 2. The van der Waals surface area contributed by atoms with E-state index in [1.54, 1.807) is 23.1 Å². The minimum absolute atomic E-state index is 0.0777. The number of aromatic amines is 1. The summed E-state index contributed by atoms with van der Waals surface area (Å²) in [6, 6.07) is 16.0. The topological polar surface area (TPSA) is 115 Å². The van der Waals surface area contributed by atoms with Gasteiger partial charge in [0.05, 0.1) is 30.1 Å². The lowest BCUT2D eigenvalue weighted by molar-refractivity contribution is -0.135. The number of rotatable bonds is 6. The molecule has 1 fully saturated rings. The van der Waals surface area contributed by atoms with Crippen LogP contribution >= 0.6 is 0 Å². The van der Waals surface area contributed by atoms with Crippen molar-refractivity contribution in [1.29, 1.82) is 0 Å². The summed E-state index contributed by atoms with van der Waals surface area (Å²) < 4.78 is 0. The minimum atomic E-state index is -0.442. The van der Waals surface area contributed by atoms with Crippen molar-refractivity contribution in [2.45, 2.75) is 25.3 Å². The van der Waals surface area contributed by atoms with Crippen LogP contribution in [0.1, 0.15) is 30.1 Å². The van der Waals surface area contributed by atoms with Crippen molar-refractivity contribution in [1.82, 2.24) is 20.4 Å². The maximum Gasteiger partial charge on any atom is 0.272 e. The monoisotopic (exact) mass is 434 g/mol. The maximum absolute atomic E-state index is 12.8. The first kappa shape index (κ1) is 21.7. The molecule has 0 saturated carbocycles. The van der Waals surface area contributed by atoms with Crippen LogP contribution in [0.25, 0.3) is 10.8 Å². The van der Waals surface area contributed by atoms with Crippen molar-refractivity contribution in [3.63, 3.8) is 0 Å². The highest BCUT2D eigenvalue weighted by Crippen LogP contribution is 2.21. The summed E-state index contributed by atoms with van der Waals surface area (Å²) in [4.78, 5) is 39.2. The molecule has 0 bridgehead atoms. The number of amides is 2. The van der Waals surface area contributed by atoms with E-state index in [1.165, 1.54) is 0 Å². The van der Waals surface area contributed by atoms with E-state index in [0.717, 1.165) is 5.56 Å². The van der Waals surface area contributed by atoms with Gasteiger partial charge in [-0.15, -0.1) is 0 Å². The number of carbonyl (C=O) groups is 2. The molecule has 1 saturated heterocycles. The number of piperidine rings is 1. The lowest BCUT2D eigenvalue weighted by Gasteiger charge is -2.32. The number of hydrogen-bond acceptors (Lipinski definition) is 5. The Bertz CT molecular complexity index is 1150. The number of nitrogens with one attached hydrogen (secondary N) is 2. The zero-order valence-electron chi connectivity index (χ0n) is 17.7. The number of aliphatic hydroxyl groups is 1. The molecule has 0 radical (unpaired) electrons. The van der Waals surface area contributed by atoms with Crippen LogP contribution in [0, 0.1) is 5.92 Å². The zero-order chi connectivity index (χ0) is 22.5. The van der Waals surface area contributed by atoms with Crippen molar-refractivity contribution < 1.29 is 14.7 Å². The van der Waals surface area contributed by atoms with Gasteiger partial charge >= 0.3 is 0 Å². The number of nitrogens with zero attached hydrogens (tertiary/aromatic N) is 2. The normalized spacial score (nSPS) is 15.5. The molecule has 1 unspecified atom stereocenters. The van der Waals surface area contributed by atoms with Crippen LogP contribution in [0.15, 0.2) is 59.4 Å². The van der Waals surface area contributed by atoms with Crippen LogP contribution in [0.4, 0.5) is 0 Å². The molecule has 2 aromatic carbocycles. The van der Waals surface area contributed by atoms with Gasteiger partial charge in [0.25, 0.3) is 5.56 Å². The Balaban J connectivity index is 1.34. The minimum Gasteiger partial charge on any atom is -0.394 e. The highest BCUT2D eigenvalue weighted by atomic mass is 16.3. The number of likely N-dealkylation sites (tertiary alicyclic amines) is 1. The second-order valence-corrected chi connectivity index (χ2v) is 8.03. The molecule has 1 aromatic heterocycles. The standard InChI is InChI=1S/C24H26N4O4/c29-15-21(16-6-2-1-3-7-16)25-23(31)17-10-12-28(13-11-17)22(30)14-20-18-8-4-5-9-19(18)24(32)27-26-20/h1-9,17,21,29H,10-15H2,(H,25,31)(H,27,32). The van der Waals surface area contributed by atoms with E-state index in [4.69, 9.17) is 0 Å². The van der Waals surface area contributed by atoms with Gasteiger partial charge in [-0.2, -0.15) is 5.10 Å². The molecule has 8 nitrogen and oxygen atoms in total. The van der Waals surface area contributed by atoms with E-state index in [2.05, 4.69) is 15.5 Å². The molecular weight excluding hydrogens is 408 g/mol. The van der Waals surface area contributed by atoms with Crippen LogP contribution in [0.5, 0.6) is 0 Å². The largest absolute Gasteiger partial charge is 0.394 e. The summed E-state index contributed by atoms with van der Waals surface area (Å²) in [5, 5.41) is 20.3. The van der Waals surface area contributed by atoms with Gasteiger partial charge in [0.15, 0.2) is 0 Å². The number of hydrogen-bond donors (Lipinski definition) is 3. The predicted octanol–water partition coefficient (Wildman–Crippen LogP) is 1.55. The van der Waals surface area contributed by atoms with Crippen molar-refractivity contribution in [2.75, 3.05) is 19.7 Å². The number of fused-ring (bicyclic) bond motifs is 1. The molecule has 8 heteroatoms. The lowest BCUT2D eigenvalue weighted by Crippen LogP contribution is -2.44. The van der Waals surface area contributed by atoms with Gasteiger partial charge in [-0.1, -0.05) is 48.5 Å². The van der Waals surface area contributed by atoms with E-state index in [-0.39, 0.29) is 36.3 Å². The van der Waals surface area contributed by atoms with Gasteiger partial charge < -0.3 is 15.3 Å². The van der Waals surface area contributed by atoms with Crippen LogP contribution in [0.2, 0.25) is 0 Å². The van der Waals surface area contributed by atoms with Gasteiger partial charge in [-0.25, -0.2) is 5.10 Å². The average Bonchev–Trinajstić information content (AvgIpc) is 2.85. The Morgan fingerprint density at radius 1 is 1.06 bits per heavy atom. The molecule has 2 amide bonds. The summed E-state index contributed by atoms with van der Waals surface area (Å²) in [5.74, 6) is -0.386. The van der Waals surface area contributed by atoms with Crippen molar-refractivity contribution in [3.05, 3.63) is 76.2 Å². The number of H-pyrrole nitrogens is 1. The maximum atomic E-state index is 12.8. The molecule has 3 aromatic rings. The number of aliphatic hydroxyl groups excluding tert-OH is 1. The van der Waals surface area contributed by atoms with Crippen LogP contribution in [-0.2, 0) is 16.0 Å². The first-order valence-electron chi connectivity index (χ1n) is 10.8. The fraction of sp³-hybridized carbons (Fsp3) is 0.333. The third-order valence-corrected chi connectivity index (χ3v) is 6.01. The molecule has 4 rings (SSSR count). The second kappa shape index (κ2) is 9.74. The molecule has 1 atom stereocenters. The van der Waals surface area contributed by atoms with E-state index < -0.39 is 6.04 Å². The average molecular weight is 434 g/mol. The zero-order valence-corrected chi connectivity index (χ0v) is 17.7. The highest BCUT2D eigenvalue weighted by Gasteiger charge is 2.29. The third kappa shape index (κ3) is 4.70.